The second kappa shape index (κ2) is 4.45. The fourth-order valence-corrected chi connectivity index (χ4v) is 1.89. The fraction of sp³-hybridized carbons (Fsp3) is 0.556. The first kappa shape index (κ1) is 12.4. The lowest BCUT2D eigenvalue weighted by molar-refractivity contribution is -0.138. The molecule has 0 unspecified atom stereocenters. The number of nitrogens with zero attached hydrogens (tertiary/aromatic N) is 2. The van der Waals surface area contributed by atoms with Crippen molar-refractivity contribution >= 4 is 29.3 Å². The van der Waals surface area contributed by atoms with Gasteiger partial charge in [0.05, 0.1) is 11.9 Å². The molecule has 0 amide bonds. The molecule has 1 rings (SSSR count). The quantitative estimate of drug-likeness (QED) is 0.887. The molecule has 0 aliphatic carbocycles. The predicted molar refractivity (Wildman–Crippen MR) is 61.2 cm³/mol. The van der Waals surface area contributed by atoms with E-state index in [1.165, 1.54) is 11.8 Å². The van der Waals surface area contributed by atoms with Gasteiger partial charge in [-0.25, -0.2) is 4.98 Å². The van der Waals surface area contributed by atoms with Gasteiger partial charge in [-0.2, -0.15) is 0 Å². The Morgan fingerprint density at radius 1 is 1.73 bits per heavy atom. The number of halogens is 1. The van der Waals surface area contributed by atoms with Gasteiger partial charge in [0.25, 0.3) is 0 Å². The monoisotopic (exact) mass is 248 g/mol. The van der Waals surface area contributed by atoms with Crippen molar-refractivity contribution in [1.29, 1.82) is 0 Å². The molecule has 6 heteroatoms. The number of carboxylic acids is 1. The van der Waals surface area contributed by atoms with Crippen molar-refractivity contribution in [3.05, 3.63) is 17.2 Å². The summed E-state index contributed by atoms with van der Waals surface area (Å²) in [6.07, 6.45) is 1.56. The van der Waals surface area contributed by atoms with E-state index in [0.29, 0.717) is 10.9 Å². The summed E-state index contributed by atoms with van der Waals surface area (Å²) in [5, 5.41) is 9.47. The van der Waals surface area contributed by atoms with E-state index in [1.807, 2.05) is 0 Å². The third-order valence-corrected chi connectivity index (χ3v) is 3.75. The van der Waals surface area contributed by atoms with Gasteiger partial charge in [0.15, 0.2) is 0 Å². The third-order valence-electron chi connectivity index (χ3n) is 2.10. The van der Waals surface area contributed by atoms with Crippen molar-refractivity contribution in [2.24, 2.45) is 7.05 Å². The minimum atomic E-state index is -0.826. The van der Waals surface area contributed by atoms with Crippen LogP contribution in [0, 0.1) is 0 Å². The summed E-state index contributed by atoms with van der Waals surface area (Å²) in [6, 6.07) is 0. The molecule has 1 heterocycles. The van der Waals surface area contributed by atoms with Crippen molar-refractivity contribution in [3.63, 3.8) is 0 Å². The van der Waals surface area contributed by atoms with Gasteiger partial charge in [-0.05, 0) is 13.8 Å². The average molecular weight is 249 g/mol. The number of hydrogen-bond acceptors (Lipinski definition) is 3. The Labute approximate surface area is 97.6 Å². The van der Waals surface area contributed by atoms with E-state index in [4.69, 9.17) is 16.7 Å². The molecule has 0 fully saturated rings. The van der Waals surface area contributed by atoms with Crippen LogP contribution >= 0.6 is 23.4 Å². The maximum atomic E-state index is 10.9. The maximum absolute atomic E-state index is 10.9. The van der Waals surface area contributed by atoms with Crippen LogP contribution in [0.15, 0.2) is 6.20 Å². The number of hydrogen-bond donors (Lipinski definition) is 1. The molecule has 0 aliphatic rings. The Morgan fingerprint density at radius 2 is 2.33 bits per heavy atom. The third kappa shape index (κ3) is 2.89. The van der Waals surface area contributed by atoms with Gasteiger partial charge in [-0.15, -0.1) is 11.8 Å². The standard InChI is InChI=1S/C9H13ClN2O2S/c1-9(2,8(13)14)15-5-7-11-4-6(10)12(7)3/h4H,5H2,1-3H3,(H,13,14). The van der Waals surface area contributed by atoms with E-state index < -0.39 is 10.7 Å². The first-order chi connectivity index (χ1) is 6.84. The molecule has 1 aromatic rings. The van der Waals surface area contributed by atoms with E-state index in [1.54, 1.807) is 31.7 Å². The lowest BCUT2D eigenvalue weighted by Crippen LogP contribution is -2.27. The number of carbonyl (C=O) groups is 1. The molecule has 84 valence electrons. The van der Waals surface area contributed by atoms with E-state index in [-0.39, 0.29) is 0 Å². The Bertz CT molecular complexity index is 376. The van der Waals surface area contributed by atoms with Crippen molar-refractivity contribution in [2.45, 2.75) is 24.3 Å². The van der Waals surface area contributed by atoms with Crippen LogP contribution in [0.25, 0.3) is 0 Å². The molecule has 4 nitrogen and oxygen atoms in total. The van der Waals surface area contributed by atoms with Gasteiger partial charge in [0, 0.05) is 7.05 Å². The van der Waals surface area contributed by atoms with Crippen LogP contribution in [0.5, 0.6) is 0 Å². The zero-order valence-electron chi connectivity index (χ0n) is 8.82. The molecule has 0 saturated heterocycles. The smallest absolute Gasteiger partial charge is 0.319 e. The van der Waals surface area contributed by atoms with E-state index in [9.17, 15) is 4.79 Å². The number of aromatic nitrogens is 2. The molecule has 1 N–H and O–H groups in total. The summed E-state index contributed by atoms with van der Waals surface area (Å²) in [5.74, 6) is 0.481. The van der Waals surface area contributed by atoms with E-state index in [2.05, 4.69) is 4.98 Å². The predicted octanol–water partition coefficient (Wildman–Crippen LogP) is 2.17. The highest BCUT2D eigenvalue weighted by Crippen LogP contribution is 2.28. The molecule has 0 saturated carbocycles. The summed E-state index contributed by atoms with van der Waals surface area (Å²) in [7, 11) is 1.80. The molecule has 0 bridgehead atoms. The SMILES string of the molecule is Cn1c(Cl)cnc1CSC(C)(C)C(=O)O. The van der Waals surface area contributed by atoms with Crippen LogP contribution in [0.4, 0.5) is 0 Å². The lowest BCUT2D eigenvalue weighted by Gasteiger charge is -2.17. The molecule has 0 aliphatic heterocycles. The Hall–Kier alpha value is -0.680. The molecular formula is C9H13ClN2O2S. The first-order valence-corrected chi connectivity index (χ1v) is 5.74. The lowest BCUT2D eigenvalue weighted by atomic mass is 10.2. The minimum Gasteiger partial charge on any atom is -0.480 e. The second-order valence-corrected chi connectivity index (χ2v) is 5.65. The number of aliphatic carboxylic acids is 1. The van der Waals surface area contributed by atoms with Crippen LogP contribution in [0.1, 0.15) is 19.7 Å². The summed E-state index contributed by atoms with van der Waals surface area (Å²) >= 11 is 7.14. The normalized spacial score (nSPS) is 11.7. The molecule has 0 spiro atoms. The van der Waals surface area contributed by atoms with E-state index in [0.717, 1.165) is 5.82 Å². The maximum Gasteiger partial charge on any atom is 0.319 e. The Balaban J connectivity index is 2.65. The number of imidazole rings is 1. The fourth-order valence-electron chi connectivity index (χ4n) is 0.865. The van der Waals surface area contributed by atoms with Crippen LogP contribution < -0.4 is 0 Å². The summed E-state index contributed by atoms with van der Waals surface area (Å²) < 4.78 is 0.935. The summed E-state index contributed by atoms with van der Waals surface area (Å²) in [5.41, 5.74) is 0. The molecule has 0 aromatic carbocycles. The van der Waals surface area contributed by atoms with Crippen molar-refractivity contribution in [2.75, 3.05) is 0 Å². The largest absolute Gasteiger partial charge is 0.480 e. The van der Waals surface area contributed by atoms with Gasteiger partial charge >= 0.3 is 5.97 Å². The van der Waals surface area contributed by atoms with Crippen molar-refractivity contribution in [3.8, 4) is 0 Å². The van der Waals surface area contributed by atoms with Gasteiger partial charge in [0.2, 0.25) is 0 Å². The zero-order chi connectivity index (χ0) is 11.6. The second-order valence-electron chi connectivity index (χ2n) is 3.66. The van der Waals surface area contributed by atoms with Crippen molar-refractivity contribution < 1.29 is 9.90 Å². The Morgan fingerprint density at radius 3 is 2.73 bits per heavy atom. The molecule has 15 heavy (non-hydrogen) atoms. The highest BCUT2D eigenvalue weighted by molar-refractivity contribution is 8.00. The highest BCUT2D eigenvalue weighted by atomic mass is 35.5. The van der Waals surface area contributed by atoms with Crippen LogP contribution in [-0.4, -0.2) is 25.4 Å². The van der Waals surface area contributed by atoms with Crippen LogP contribution in [0.2, 0.25) is 5.15 Å². The zero-order valence-corrected chi connectivity index (χ0v) is 10.4. The van der Waals surface area contributed by atoms with Crippen molar-refractivity contribution in [1.82, 2.24) is 9.55 Å². The van der Waals surface area contributed by atoms with Gasteiger partial charge in [-0.3, -0.25) is 4.79 Å². The summed E-state index contributed by atoms with van der Waals surface area (Å²) in [6.45, 7) is 3.34. The average Bonchev–Trinajstić information content (AvgIpc) is 2.45. The Kier molecular flexibility index (Phi) is 3.67. The number of rotatable bonds is 4. The highest BCUT2D eigenvalue weighted by Gasteiger charge is 2.28. The van der Waals surface area contributed by atoms with Gasteiger partial charge < -0.3 is 9.67 Å². The van der Waals surface area contributed by atoms with Crippen LogP contribution in [-0.2, 0) is 17.6 Å². The molecule has 1 aromatic heterocycles. The number of carboxylic acid groups (broad SMARTS) is 1. The summed E-state index contributed by atoms with van der Waals surface area (Å²) in [4.78, 5) is 15.0. The first-order valence-electron chi connectivity index (χ1n) is 4.38. The number of thioether (sulfide) groups is 1. The molecule has 0 atom stereocenters. The molecule has 0 radical (unpaired) electrons. The van der Waals surface area contributed by atoms with Gasteiger partial charge in [0.1, 0.15) is 15.7 Å². The topological polar surface area (TPSA) is 55.1 Å². The van der Waals surface area contributed by atoms with Gasteiger partial charge in [-0.1, -0.05) is 11.6 Å². The van der Waals surface area contributed by atoms with Crippen LogP contribution in [0.3, 0.4) is 0 Å². The van der Waals surface area contributed by atoms with E-state index >= 15 is 0 Å². The molecular weight excluding hydrogens is 236 g/mol. The minimum absolute atomic E-state index is 0.530.